The Labute approximate surface area is 150 Å². The topological polar surface area (TPSA) is 67.8 Å². The first-order chi connectivity index (χ1) is 12.0. The summed E-state index contributed by atoms with van der Waals surface area (Å²) < 4.78 is 31.0. The third kappa shape index (κ3) is 4.42. The average Bonchev–Trinajstić information content (AvgIpc) is 2.55. The molecule has 1 aliphatic carbocycles. The first-order valence-corrected chi connectivity index (χ1v) is 10.5. The fourth-order valence-corrected chi connectivity index (χ4v) is 4.18. The second kappa shape index (κ2) is 7.60. The largest absolute Gasteiger partial charge is 0.494 e. The second-order valence-corrected chi connectivity index (χ2v) is 8.58. The van der Waals surface area contributed by atoms with Gasteiger partial charge >= 0.3 is 0 Å². The lowest BCUT2D eigenvalue weighted by Gasteiger charge is -2.29. The molecule has 136 valence electrons. The molecule has 5 nitrogen and oxygen atoms in total. The van der Waals surface area contributed by atoms with Crippen molar-refractivity contribution in [2.24, 2.45) is 5.10 Å². The molecule has 1 atom stereocenters. The molecule has 1 unspecified atom stereocenters. The Kier molecular flexibility index (Phi) is 5.47. The van der Waals surface area contributed by atoms with Crippen LogP contribution in [0.5, 0.6) is 0 Å². The van der Waals surface area contributed by atoms with Crippen molar-refractivity contribution in [2.75, 3.05) is 0 Å². The number of nitrogens with zero attached hydrogens (tertiary/aromatic N) is 1. The van der Waals surface area contributed by atoms with Gasteiger partial charge in [-0.05, 0) is 45.2 Å². The predicted octanol–water partition coefficient (Wildman–Crippen LogP) is 4.05. The second-order valence-electron chi connectivity index (χ2n) is 6.91. The van der Waals surface area contributed by atoms with Gasteiger partial charge in [0.1, 0.15) is 11.9 Å². The molecule has 1 N–H and O–H groups in total. The zero-order valence-corrected chi connectivity index (χ0v) is 15.7. The number of sulfonamides is 1. The number of hydrogen-bond donors (Lipinski definition) is 1. The van der Waals surface area contributed by atoms with Crippen molar-refractivity contribution < 1.29 is 13.2 Å². The zero-order chi connectivity index (χ0) is 17.9. The van der Waals surface area contributed by atoms with Crippen LogP contribution in [0.3, 0.4) is 0 Å². The molecular weight excluding hydrogens is 336 g/mol. The molecule has 0 spiro atoms. The Morgan fingerprint density at radius 2 is 1.76 bits per heavy atom. The van der Waals surface area contributed by atoms with E-state index in [0.717, 1.165) is 48.3 Å². The smallest absolute Gasteiger partial charge is 0.276 e. The normalized spacial score (nSPS) is 23.4. The van der Waals surface area contributed by atoms with E-state index in [2.05, 4.69) is 9.93 Å². The fourth-order valence-electron chi connectivity index (χ4n) is 3.34. The number of hydrogen-bond acceptors (Lipinski definition) is 4. The van der Waals surface area contributed by atoms with Gasteiger partial charge in [-0.3, -0.25) is 0 Å². The number of hydrazone groups is 1. The number of allylic oxidation sites excluding steroid dienone is 2. The van der Waals surface area contributed by atoms with Crippen LogP contribution < -0.4 is 4.83 Å². The van der Waals surface area contributed by atoms with E-state index < -0.39 is 10.0 Å². The summed E-state index contributed by atoms with van der Waals surface area (Å²) in [6.07, 6.45) is 7.14. The van der Waals surface area contributed by atoms with Crippen molar-refractivity contribution in [3.05, 3.63) is 41.2 Å². The van der Waals surface area contributed by atoms with Crippen LogP contribution in [0.4, 0.5) is 0 Å². The standard InChI is InChI=1S/C19H26N2O3S/c1-14-9-11-16(12-10-14)25(22,23)21-20-18-13-15(2)24-19-8-6-4-3-5-7-17(18)19/h9-12,15,21H,3-8,13H2,1-2H3/b20-18+. The fraction of sp³-hybridized carbons (Fsp3) is 0.526. The Balaban J connectivity index is 1.85. The maximum absolute atomic E-state index is 12.5. The van der Waals surface area contributed by atoms with Gasteiger partial charge < -0.3 is 4.74 Å². The predicted molar refractivity (Wildman–Crippen MR) is 98.8 cm³/mol. The van der Waals surface area contributed by atoms with Gasteiger partial charge in [0, 0.05) is 18.4 Å². The minimum atomic E-state index is -3.65. The van der Waals surface area contributed by atoms with E-state index in [-0.39, 0.29) is 11.0 Å². The third-order valence-electron chi connectivity index (χ3n) is 4.72. The number of benzene rings is 1. The molecule has 0 radical (unpaired) electrons. The lowest BCUT2D eigenvalue weighted by Crippen LogP contribution is -2.28. The molecule has 0 aromatic heterocycles. The van der Waals surface area contributed by atoms with E-state index in [1.807, 2.05) is 13.8 Å². The van der Waals surface area contributed by atoms with Gasteiger partial charge in [-0.15, -0.1) is 0 Å². The van der Waals surface area contributed by atoms with Crippen molar-refractivity contribution in [1.82, 2.24) is 4.83 Å². The van der Waals surface area contributed by atoms with Crippen molar-refractivity contribution in [1.29, 1.82) is 0 Å². The molecule has 0 saturated heterocycles. The molecule has 25 heavy (non-hydrogen) atoms. The molecule has 0 fully saturated rings. The highest BCUT2D eigenvalue weighted by Gasteiger charge is 2.26. The van der Waals surface area contributed by atoms with Gasteiger partial charge in [-0.1, -0.05) is 30.5 Å². The summed E-state index contributed by atoms with van der Waals surface area (Å²) in [7, 11) is -3.65. The summed E-state index contributed by atoms with van der Waals surface area (Å²) in [5.41, 5.74) is 2.95. The van der Waals surface area contributed by atoms with Crippen molar-refractivity contribution >= 4 is 15.7 Å². The summed E-state index contributed by atoms with van der Waals surface area (Å²) in [6, 6.07) is 6.78. The quantitative estimate of drug-likeness (QED) is 0.825. The summed E-state index contributed by atoms with van der Waals surface area (Å²) in [4.78, 5) is 2.66. The summed E-state index contributed by atoms with van der Waals surface area (Å²) in [6.45, 7) is 3.93. The zero-order valence-electron chi connectivity index (χ0n) is 14.9. The molecular formula is C19H26N2O3S. The minimum Gasteiger partial charge on any atom is -0.494 e. The first-order valence-electron chi connectivity index (χ1n) is 9.00. The number of nitrogens with one attached hydrogen (secondary N) is 1. The van der Waals surface area contributed by atoms with Gasteiger partial charge in [0.2, 0.25) is 0 Å². The summed E-state index contributed by atoms with van der Waals surface area (Å²) in [5.74, 6) is 1.01. The Hall–Kier alpha value is -1.82. The molecule has 0 saturated carbocycles. The molecule has 1 aromatic rings. The van der Waals surface area contributed by atoms with Gasteiger partial charge in [0.05, 0.1) is 10.6 Å². The van der Waals surface area contributed by atoms with E-state index in [4.69, 9.17) is 4.74 Å². The SMILES string of the molecule is Cc1ccc(S(=O)(=O)N/N=C2\CC(C)OC3=C2CCCCCC3)cc1. The maximum atomic E-state index is 12.5. The highest BCUT2D eigenvalue weighted by molar-refractivity contribution is 7.89. The van der Waals surface area contributed by atoms with Gasteiger partial charge in [0.25, 0.3) is 10.0 Å². The van der Waals surface area contributed by atoms with Crippen LogP contribution in [0.2, 0.25) is 0 Å². The Bertz CT molecular complexity index is 779. The van der Waals surface area contributed by atoms with Gasteiger partial charge in [0.15, 0.2) is 0 Å². The third-order valence-corrected chi connectivity index (χ3v) is 5.95. The molecule has 6 heteroatoms. The lowest BCUT2D eigenvalue weighted by atomic mass is 9.91. The van der Waals surface area contributed by atoms with E-state index in [1.54, 1.807) is 24.3 Å². The van der Waals surface area contributed by atoms with E-state index in [9.17, 15) is 8.42 Å². The van der Waals surface area contributed by atoms with E-state index in [1.165, 1.54) is 12.8 Å². The number of aryl methyl sites for hydroxylation is 1. The van der Waals surface area contributed by atoms with Crippen LogP contribution in [0.25, 0.3) is 0 Å². The molecule has 0 amide bonds. The highest BCUT2D eigenvalue weighted by atomic mass is 32.2. The van der Waals surface area contributed by atoms with Crippen molar-refractivity contribution in [2.45, 2.75) is 69.8 Å². The average molecular weight is 362 g/mol. The molecule has 2 aliphatic rings. The first kappa shape index (κ1) is 18.0. The lowest BCUT2D eigenvalue weighted by molar-refractivity contribution is 0.118. The van der Waals surface area contributed by atoms with E-state index in [0.29, 0.717) is 6.42 Å². The van der Waals surface area contributed by atoms with Crippen LogP contribution in [-0.2, 0) is 14.8 Å². The molecule has 1 aromatic carbocycles. The van der Waals surface area contributed by atoms with Gasteiger partial charge in [-0.25, -0.2) is 0 Å². The number of rotatable bonds is 3. The Morgan fingerprint density at radius 1 is 1.08 bits per heavy atom. The van der Waals surface area contributed by atoms with Crippen LogP contribution in [-0.4, -0.2) is 20.2 Å². The van der Waals surface area contributed by atoms with Crippen molar-refractivity contribution in [3.63, 3.8) is 0 Å². The summed E-state index contributed by atoms with van der Waals surface area (Å²) >= 11 is 0. The molecule has 0 bridgehead atoms. The van der Waals surface area contributed by atoms with Crippen molar-refractivity contribution in [3.8, 4) is 0 Å². The minimum absolute atomic E-state index is 0.0285. The van der Waals surface area contributed by atoms with Gasteiger partial charge in [-0.2, -0.15) is 18.4 Å². The van der Waals surface area contributed by atoms with Crippen LogP contribution >= 0.6 is 0 Å². The van der Waals surface area contributed by atoms with E-state index >= 15 is 0 Å². The van der Waals surface area contributed by atoms with Crippen LogP contribution in [0.15, 0.2) is 45.6 Å². The van der Waals surface area contributed by atoms with Crippen LogP contribution in [0.1, 0.15) is 57.4 Å². The monoisotopic (exact) mass is 362 g/mol. The Morgan fingerprint density at radius 3 is 2.48 bits per heavy atom. The molecule has 1 aliphatic heterocycles. The molecule has 3 rings (SSSR count). The molecule has 1 heterocycles. The highest BCUT2D eigenvalue weighted by Crippen LogP contribution is 2.31. The van der Waals surface area contributed by atoms with Crippen LogP contribution in [0, 0.1) is 6.92 Å². The maximum Gasteiger partial charge on any atom is 0.276 e. The number of ether oxygens (including phenoxy) is 1. The summed E-state index contributed by atoms with van der Waals surface area (Å²) in [5, 5.41) is 4.30.